The predicted octanol–water partition coefficient (Wildman–Crippen LogP) is 6.19. The van der Waals surface area contributed by atoms with E-state index in [-0.39, 0.29) is 5.56 Å². The molecule has 0 bridgehead atoms. The van der Waals surface area contributed by atoms with Gasteiger partial charge in [-0.1, -0.05) is 30.3 Å². The van der Waals surface area contributed by atoms with E-state index in [4.69, 9.17) is 0 Å². The highest BCUT2D eigenvalue weighted by molar-refractivity contribution is 6.13. The number of hydrogen-bond donors (Lipinski definition) is 1. The van der Waals surface area contributed by atoms with Crippen LogP contribution in [0.3, 0.4) is 0 Å². The van der Waals surface area contributed by atoms with Crippen LogP contribution < -0.4 is 5.32 Å². The molecule has 30 heavy (non-hydrogen) atoms. The molecule has 0 saturated carbocycles. The Bertz CT molecular complexity index is 1300. The zero-order valence-corrected chi connectivity index (χ0v) is 16.3. The molecule has 3 nitrogen and oxygen atoms in total. The van der Waals surface area contributed by atoms with E-state index in [0.29, 0.717) is 16.6 Å². The summed E-state index contributed by atoms with van der Waals surface area (Å²) in [6.45, 7) is 3.99. The van der Waals surface area contributed by atoms with Gasteiger partial charge in [0.2, 0.25) is 0 Å². The van der Waals surface area contributed by atoms with E-state index in [1.807, 2.05) is 32.0 Å². The second kappa shape index (κ2) is 7.63. The van der Waals surface area contributed by atoms with Crippen molar-refractivity contribution < 1.29 is 18.0 Å². The SMILES string of the molecule is Cc1ccc(-c2cc(C(=O)Nc3ccc(F)c(F)c3F)c3ccccc3n2)cc1C. The molecule has 1 N–H and O–H groups in total. The lowest BCUT2D eigenvalue weighted by Crippen LogP contribution is -2.15. The largest absolute Gasteiger partial charge is 0.319 e. The number of carbonyl (C=O) groups excluding carboxylic acids is 1. The summed E-state index contributed by atoms with van der Waals surface area (Å²) < 4.78 is 40.8. The highest BCUT2D eigenvalue weighted by Gasteiger charge is 2.19. The van der Waals surface area contributed by atoms with Gasteiger partial charge in [0.1, 0.15) is 0 Å². The number of hydrogen-bond acceptors (Lipinski definition) is 2. The Morgan fingerprint density at radius 3 is 2.40 bits per heavy atom. The number of amides is 1. The van der Waals surface area contributed by atoms with Crippen molar-refractivity contribution >= 4 is 22.5 Å². The number of nitrogens with one attached hydrogen (secondary N) is 1. The molecule has 0 aliphatic rings. The zero-order chi connectivity index (χ0) is 21.4. The summed E-state index contributed by atoms with van der Waals surface area (Å²) in [4.78, 5) is 17.6. The van der Waals surface area contributed by atoms with Crippen LogP contribution in [-0.4, -0.2) is 10.9 Å². The van der Waals surface area contributed by atoms with Gasteiger partial charge >= 0.3 is 0 Å². The average molecular weight is 406 g/mol. The summed E-state index contributed by atoms with van der Waals surface area (Å²) in [5, 5.41) is 2.90. The van der Waals surface area contributed by atoms with Crippen LogP contribution >= 0.6 is 0 Å². The fraction of sp³-hybridized carbons (Fsp3) is 0.0833. The van der Waals surface area contributed by atoms with Crippen LogP contribution in [-0.2, 0) is 0 Å². The Morgan fingerprint density at radius 2 is 1.63 bits per heavy atom. The normalized spacial score (nSPS) is 11.0. The van der Waals surface area contributed by atoms with Crippen molar-refractivity contribution in [2.75, 3.05) is 5.32 Å². The molecule has 0 aliphatic heterocycles. The Labute approximate surface area is 171 Å². The maximum absolute atomic E-state index is 14.0. The van der Waals surface area contributed by atoms with Crippen molar-refractivity contribution in [1.82, 2.24) is 4.98 Å². The lowest BCUT2D eigenvalue weighted by molar-refractivity contribution is 0.102. The molecule has 0 atom stereocenters. The molecule has 1 amide bonds. The number of aryl methyl sites for hydroxylation is 2. The number of pyridine rings is 1. The summed E-state index contributed by atoms with van der Waals surface area (Å²) in [6, 6.07) is 16.3. The van der Waals surface area contributed by atoms with Crippen molar-refractivity contribution in [3.63, 3.8) is 0 Å². The van der Waals surface area contributed by atoms with E-state index in [2.05, 4.69) is 10.3 Å². The quantitative estimate of drug-likeness (QED) is 0.412. The molecule has 1 heterocycles. The second-order valence-electron chi connectivity index (χ2n) is 7.05. The smallest absolute Gasteiger partial charge is 0.256 e. The lowest BCUT2D eigenvalue weighted by Gasteiger charge is -2.12. The topological polar surface area (TPSA) is 42.0 Å². The molecule has 150 valence electrons. The van der Waals surface area contributed by atoms with Crippen LogP contribution in [0, 0.1) is 31.3 Å². The van der Waals surface area contributed by atoms with E-state index < -0.39 is 29.0 Å². The van der Waals surface area contributed by atoms with Gasteiger partial charge in [0, 0.05) is 10.9 Å². The third kappa shape index (κ3) is 3.52. The minimum absolute atomic E-state index is 0.248. The van der Waals surface area contributed by atoms with Crippen molar-refractivity contribution in [2.24, 2.45) is 0 Å². The summed E-state index contributed by atoms with van der Waals surface area (Å²) in [5.41, 5.74) is 4.02. The standard InChI is InChI=1S/C24H17F3N2O/c1-13-7-8-15(11-14(13)2)21-12-17(16-5-3-4-6-19(16)28-21)24(30)29-20-10-9-18(25)22(26)23(20)27/h3-12H,1-2H3,(H,29,30). The summed E-state index contributed by atoms with van der Waals surface area (Å²) >= 11 is 0. The van der Waals surface area contributed by atoms with Crippen molar-refractivity contribution in [1.29, 1.82) is 0 Å². The van der Waals surface area contributed by atoms with Crippen molar-refractivity contribution in [3.05, 3.63) is 94.8 Å². The van der Waals surface area contributed by atoms with Gasteiger partial charge in [-0.2, -0.15) is 0 Å². The van der Waals surface area contributed by atoms with Crippen molar-refractivity contribution in [3.8, 4) is 11.3 Å². The van der Waals surface area contributed by atoms with Gasteiger partial charge in [0.15, 0.2) is 17.5 Å². The molecule has 0 spiro atoms. The lowest BCUT2D eigenvalue weighted by atomic mass is 10.0. The third-order valence-corrected chi connectivity index (χ3v) is 5.05. The van der Waals surface area contributed by atoms with E-state index in [0.717, 1.165) is 28.8 Å². The maximum atomic E-state index is 14.0. The number of anilines is 1. The van der Waals surface area contributed by atoms with Gasteiger partial charge in [-0.25, -0.2) is 18.2 Å². The van der Waals surface area contributed by atoms with Crippen LogP contribution in [0.4, 0.5) is 18.9 Å². The van der Waals surface area contributed by atoms with E-state index >= 15 is 0 Å². The fourth-order valence-corrected chi connectivity index (χ4v) is 3.22. The molecule has 0 saturated heterocycles. The number of halogens is 3. The minimum atomic E-state index is -1.64. The highest BCUT2D eigenvalue weighted by Crippen LogP contribution is 2.28. The first-order valence-electron chi connectivity index (χ1n) is 9.27. The van der Waals surface area contributed by atoms with Gasteiger partial charge in [0.25, 0.3) is 5.91 Å². The van der Waals surface area contributed by atoms with Gasteiger partial charge in [-0.05, 0) is 55.3 Å². The van der Waals surface area contributed by atoms with E-state index in [9.17, 15) is 18.0 Å². The molecular weight excluding hydrogens is 389 g/mol. The first kappa shape index (κ1) is 19.6. The van der Waals surface area contributed by atoms with E-state index in [1.54, 1.807) is 30.3 Å². The number of carbonyl (C=O) groups is 1. The molecule has 1 aromatic heterocycles. The second-order valence-corrected chi connectivity index (χ2v) is 7.05. The summed E-state index contributed by atoms with van der Waals surface area (Å²) in [7, 11) is 0. The van der Waals surface area contributed by atoms with Crippen LogP contribution in [0.5, 0.6) is 0 Å². The molecule has 6 heteroatoms. The number of benzene rings is 3. The monoisotopic (exact) mass is 406 g/mol. The molecule has 0 aliphatic carbocycles. The molecule has 0 unspecified atom stereocenters. The number of nitrogens with zero attached hydrogens (tertiary/aromatic N) is 1. The van der Waals surface area contributed by atoms with Crippen LogP contribution in [0.25, 0.3) is 22.2 Å². The Morgan fingerprint density at radius 1 is 0.867 bits per heavy atom. The van der Waals surface area contributed by atoms with Gasteiger partial charge < -0.3 is 5.32 Å². The molecule has 0 fully saturated rings. The van der Waals surface area contributed by atoms with Crippen LogP contribution in [0.1, 0.15) is 21.5 Å². The molecule has 3 aromatic carbocycles. The predicted molar refractivity (Wildman–Crippen MR) is 111 cm³/mol. The molecular formula is C24H17F3N2O. The number of fused-ring (bicyclic) bond motifs is 1. The highest BCUT2D eigenvalue weighted by atomic mass is 19.2. The Kier molecular flexibility index (Phi) is 4.99. The zero-order valence-electron chi connectivity index (χ0n) is 16.3. The summed E-state index contributed by atoms with van der Waals surface area (Å²) in [6.07, 6.45) is 0. The number of rotatable bonds is 3. The average Bonchev–Trinajstić information content (AvgIpc) is 2.75. The Balaban J connectivity index is 1.82. The summed E-state index contributed by atoms with van der Waals surface area (Å²) in [5.74, 6) is -5.06. The van der Waals surface area contributed by atoms with Crippen LogP contribution in [0.15, 0.2) is 60.7 Å². The number of aromatic nitrogens is 1. The van der Waals surface area contributed by atoms with Gasteiger partial charge in [-0.15, -0.1) is 0 Å². The number of para-hydroxylation sites is 1. The fourth-order valence-electron chi connectivity index (χ4n) is 3.22. The van der Waals surface area contributed by atoms with Gasteiger partial charge in [-0.3, -0.25) is 4.79 Å². The third-order valence-electron chi connectivity index (χ3n) is 5.05. The molecule has 4 rings (SSSR count). The molecule has 0 radical (unpaired) electrons. The maximum Gasteiger partial charge on any atom is 0.256 e. The first-order chi connectivity index (χ1) is 14.3. The minimum Gasteiger partial charge on any atom is -0.319 e. The Hall–Kier alpha value is -3.67. The first-order valence-corrected chi connectivity index (χ1v) is 9.27. The van der Waals surface area contributed by atoms with Gasteiger partial charge in [0.05, 0.1) is 22.5 Å². The van der Waals surface area contributed by atoms with E-state index in [1.165, 1.54) is 0 Å². The van der Waals surface area contributed by atoms with Crippen LogP contribution in [0.2, 0.25) is 0 Å². The molecule has 4 aromatic rings. The van der Waals surface area contributed by atoms with Crippen molar-refractivity contribution in [2.45, 2.75) is 13.8 Å².